The minimum atomic E-state index is -4.57. The SMILES string of the molecule is Cc1ccccc1C1CCCN1C(=O)c1cc2nc(C3CC3)cc(C(F)(F)F)n2n1. The average Bonchev–Trinajstić information content (AvgIpc) is 3.28. The number of halogens is 3. The molecule has 0 spiro atoms. The Balaban J connectivity index is 1.54. The predicted octanol–water partition coefficient (Wildman–Crippen LogP) is 4.91. The van der Waals surface area contributed by atoms with Crippen molar-refractivity contribution in [2.75, 3.05) is 6.54 Å². The van der Waals surface area contributed by atoms with Crippen LogP contribution in [0.2, 0.25) is 0 Å². The molecular weight excluding hydrogens is 393 g/mol. The van der Waals surface area contributed by atoms with Gasteiger partial charge in [-0.2, -0.15) is 18.3 Å². The van der Waals surface area contributed by atoms with E-state index in [-0.39, 0.29) is 29.2 Å². The van der Waals surface area contributed by atoms with E-state index in [0.29, 0.717) is 12.2 Å². The van der Waals surface area contributed by atoms with Gasteiger partial charge >= 0.3 is 6.18 Å². The molecule has 2 aromatic heterocycles. The van der Waals surface area contributed by atoms with Gasteiger partial charge in [-0.15, -0.1) is 0 Å². The fraction of sp³-hybridized carbons (Fsp3) is 0.409. The third kappa shape index (κ3) is 3.24. The Morgan fingerprint density at radius 2 is 1.90 bits per heavy atom. The minimum Gasteiger partial charge on any atom is -0.330 e. The number of aromatic nitrogens is 3. The summed E-state index contributed by atoms with van der Waals surface area (Å²) in [6.07, 6.45) is -1.23. The number of alkyl halides is 3. The number of likely N-dealkylation sites (tertiary alicyclic amines) is 1. The van der Waals surface area contributed by atoms with Gasteiger partial charge in [-0.25, -0.2) is 9.50 Å². The fourth-order valence-corrected chi connectivity index (χ4v) is 4.33. The normalized spacial score (nSPS) is 19.6. The zero-order valence-corrected chi connectivity index (χ0v) is 16.5. The molecule has 3 aromatic rings. The smallest absolute Gasteiger partial charge is 0.330 e. The number of carbonyl (C=O) groups is 1. The van der Waals surface area contributed by atoms with E-state index in [1.54, 1.807) is 4.90 Å². The molecule has 1 aromatic carbocycles. The Bertz CT molecular complexity index is 1130. The van der Waals surface area contributed by atoms with Gasteiger partial charge in [-0.3, -0.25) is 4.79 Å². The highest BCUT2D eigenvalue weighted by Gasteiger charge is 2.38. The Hall–Kier alpha value is -2.90. The van der Waals surface area contributed by atoms with Gasteiger partial charge in [0.15, 0.2) is 11.3 Å². The van der Waals surface area contributed by atoms with E-state index in [9.17, 15) is 18.0 Å². The molecule has 1 unspecified atom stereocenters. The molecule has 1 atom stereocenters. The number of aryl methyl sites for hydroxylation is 1. The number of rotatable bonds is 3. The number of amides is 1. The average molecular weight is 414 g/mol. The molecule has 8 heteroatoms. The molecule has 5 rings (SSSR count). The summed E-state index contributed by atoms with van der Waals surface area (Å²) < 4.78 is 41.7. The third-order valence-electron chi connectivity index (χ3n) is 6.01. The molecule has 5 nitrogen and oxygen atoms in total. The lowest BCUT2D eigenvalue weighted by Crippen LogP contribution is -2.31. The maximum Gasteiger partial charge on any atom is 0.433 e. The van der Waals surface area contributed by atoms with Gasteiger partial charge in [0.2, 0.25) is 0 Å². The van der Waals surface area contributed by atoms with Crippen molar-refractivity contribution in [2.45, 2.75) is 50.7 Å². The van der Waals surface area contributed by atoms with E-state index in [0.717, 1.165) is 47.4 Å². The first kappa shape index (κ1) is 19.1. The Morgan fingerprint density at radius 1 is 1.13 bits per heavy atom. The van der Waals surface area contributed by atoms with E-state index < -0.39 is 11.9 Å². The fourth-order valence-electron chi connectivity index (χ4n) is 4.33. The van der Waals surface area contributed by atoms with Crippen LogP contribution < -0.4 is 0 Å². The molecule has 3 heterocycles. The van der Waals surface area contributed by atoms with E-state index in [4.69, 9.17) is 0 Å². The van der Waals surface area contributed by atoms with Crippen LogP contribution in [0.1, 0.15) is 70.6 Å². The molecule has 1 amide bonds. The first-order chi connectivity index (χ1) is 14.3. The van der Waals surface area contributed by atoms with E-state index in [1.165, 1.54) is 6.07 Å². The molecule has 0 bridgehead atoms. The van der Waals surface area contributed by atoms with Crippen LogP contribution in [0.4, 0.5) is 13.2 Å². The lowest BCUT2D eigenvalue weighted by molar-refractivity contribution is -0.142. The van der Waals surface area contributed by atoms with Gasteiger partial charge in [0.05, 0.1) is 6.04 Å². The first-order valence-corrected chi connectivity index (χ1v) is 10.2. The minimum absolute atomic E-state index is 0.00133. The Morgan fingerprint density at radius 3 is 2.60 bits per heavy atom. The topological polar surface area (TPSA) is 50.5 Å². The lowest BCUT2D eigenvalue weighted by atomic mass is 9.99. The summed E-state index contributed by atoms with van der Waals surface area (Å²) in [6.45, 7) is 2.55. The summed E-state index contributed by atoms with van der Waals surface area (Å²) >= 11 is 0. The number of carbonyl (C=O) groups excluding carboxylic acids is 1. The van der Waals surface area contributed by atoms with Crippen molar-refractivity contribution in [3.05, 3.63) is 64.6 Å². The van der Waals surface area contributed by atoms with Gasteiger partial charge in [-0.05, 0) is 49.8 Å². The van der Waals surface area contributed by atoms with Crippen LogP contribution in [0.25, 0.3) is 5.65 Å². The third-order valence-corrected chi connectivity index (χ3v) is 6.01. The molecule has 1 aliphatic heterocycles. The van der Waals surface area contributed by atoms with Gasteiger partial charge in [0.1, 0.15) is 5.69 Å². The summed E-state index contributed by atoms with van der Waals surface area (Å²) in [7, 11) is 0. The van der Waals surface area contributed by atoms with Crippen LogP contribution in [-0.2, 0) is 6.18 Å². The number of fused-ring (bicyclic) bond motifs is 1. The highest BCUT2D eigenvalue weighted by Crippen LogP contribution is 2.41. The van der Waals surface area contributed by atoms with Crippen molar-refractivity contribution in [1.82, 2.24) is 19.5 Å². The quantitative estimate of drug-likeness (QED) is 0.612. The zero-order valence-electron chi connectivity index (χ0n) is 16.5. The van der Waals surface area contributed by atoms with E-state index >= 15 is 0 Å². The van der Waals surface area contributed by atoms with Crippen LogP contribution in [0.3, 0.4) is 0 Å². The van der Waals surface area contributed by atoms with Crippen LogP contribution in [0.5, 0.6) is 0 Å². The van der Waals surface area contributed by atoms with Crippen LogP contribution in [0, 0.1) is 6.92 Å². The van der Waals surface area contributed by atoms with Crippen molar-refractivity contribution in [3.8, 4) is 0 Å². The maximum atomic E-state index is 13.6. The highest BCUT2D eigenvalue weighted by molar-refractivity contribution is 5.94. The van der Waals surface area contributed by atoms with Gasteiger partial charge in [0.25, 0.3) is 5.91 Å². The summed E-state index contributed by atoms with van der Waals surface area (Å²) in [5, 5.41) is 4.04. The molecule has 1 saturated carbocycles. The zero-order chi connectivity index (χ0) is 21.0. The summed E-state index contributed by atoms with van der Waals surface area (Å²) in [5.74, 6) is -0.290. The lowest BCUT2D eigenvalue weighted by Gasteiger charge is -2.25. The van der Waals surface area contributed by atoms with Gasteiger partial charge in [0, 0.05) is 24.2 Å². The number of benzene rings is 1. The standard InChI is InChI=1S/C22H21F3N4O/c1-13-5-2-3-6-15(13)18-7-4-10-28(18)21(30)17-12-20-26-16(14-8-9-14)11-19(22(23,24)25)29(20)27-17/h2-3,5-6,11-12,14,18H,4,7-10H2,1H3. The van der Waals surface area contributed by atoms with Crippen molar-refractivity contribution in [2.24, 2.45) is 0 Å². The van der Waals surface area contributed by atoms with Crippen molar-refractivity contribution in [1.29, 1.82) is 0 Å². The molecular formula is C22H21F3N4O. The number of hydrogen-bond acceptors (Lipinski definition) is 3. The Kier molecular flexibility index (Phi) is 4.34. The number of hydrogen-bond donors (Lipinski definition) is 0. The summed E-state index contributed by atoms with van der Waals surface area (Å²) in [5.41, 5.74) is 1.77. The van der Waals surface area contributed by atoms with Crippen molar-refractivity contribution in [3.63, 3.8) is 0 Å². The van der Waals surface area contributed by atoms with Gasteiger partial charge < -0.3 is 4.90 Å². The van der Waals surface area contributed by atoms with Crippen molar-refractivity contribution < 1.29 is 18.0 Å². The summed E-state index contributed by atoms with van der Waals surface area (Å²) in [6, 6.07) is 10.2. The van der Waals surface area contributed by atoms with E-state index in [2.05, 4.69) is 10.1 Å². The number of nitrogens with zero attached hydrogens (tertiary/aromatic N) is 4. The second-order valence-electron chi connectivity index (χ2n) is 8.15. The molecule has 30 heavy (non-hydrogen) atoms. The molecule has 0 radical (unpaired) electrons. The predicted molar refractivity (Wildman–Crippen MR) is 104 cm³/mol. The second kappa shape index (κ2) is 6.82. The maximum absolute atomic E-state index is 13.6. The van der Waals surface area contributed by atoms with Crippen LogP contribution in [-0.4, -0.2) is 31.9 Å². The Labute approximate surface area is 171 Å². The first-order valence-electron chi connectivity index (χ1n) is 10.2. The van der Waals surface area contributed by atoms with Crippen LogP contribution >= 0.6 is 0 Å². The largest absolute Gasteiger partial charge is 0.433 e. The monoisotopic (exact) mass is 414 g/mol. The second-order valence-corrected chi connectivity index (χ2v) is 8.15. The molecule has 2 fully saturated rings. The molecule has 156 valence electrons. The highest BCUT2D eigenvalue weighted by atomic mass is 19.4. The molecule has 2 aliphatic rings. The van der Waals surface area contributed by atoms with Crippen LogP contribution in [0.15, 0.2) is 36.4 Å². The summed E-state index contributed by atoms with van der Waals surface area (Å²) in [4.78, 5) is 19.3. The van der Waals surface area contributed by atoms with Gasteiger partial charge in [-0.1, -0.05) is 24.3 Å². The van der Waals surface area contributed by atoms with Crippen molar-refractivity contribution >= 4 is 11.6 Å². The van der Waals surface area contributed by atoms with E-state index in [1.807, 2.05) is 31.2 Å². The molecule has 1 saturated heterocycles. The molecule has 1 aliphatic carbocycles. The molecule has 0 N–H and O–H groups in total.